The number of pyridine rings is 1. The van der Waals surface area contributed by atoms with Gasteiger partial charge < -0.3 is 29.6 Å². The van der Waals surface area contributed by atoms with Gasteiger partial charge in [0.2, 0.25) is 11.7 Å². The molecular weight excluding hydrogens is 426 g/mol. The second-order valence-electron chi connectivity index (χ2n) is 7.20. The number of carbonyl (C=O) groups is 2. The summed E-state index contributed by atoms with van der Waals surface area (Å²) in [7, 11) is 0. The number of aromatic nitrogens is 2. The number of nitrogens with one attached hydrogen (secondary N) is 2. The van der Waals surface area contributed by atoms with Crippen LogP contribution in [-0.4, -0.2) is 46.6 Å². The molecule has 1 aromatic carbocycles. The molecule has 0 bridgehead atoms. The third kappa shape index (κ3) is 4.58. The Hall–Kier alpha value is -4.11. The van der Waals surface area contributed by atoms with Crippen molar-refractivity contribution in [3.8, 4) is 5.75 Å². The Balaban J connectivity index is 1.70. The van der Waals surface area contributed by atoms with Crippen LogP contribution in [0.5, 0.6) is 5.75 Å². The first-order valence-electron chi connectivity index (χ1n) is 10.4. The molecule has 9 nitrogen and oxygen atoms in total. The van der Waals surface area contributed by atoms with Crippen molar-refractivity contribution in [2.45, 2.75) is 13.8 Å². The lowest BCUT2D eigenvalue weighted by atomic mass is 10.1. The first-order valence-corrected chi connectivity index (χ1v) is 10.4. The number of fused-ring (bicyclic) bond motifs is 1. The van der Waals surface area contributed by atoms with Crippen LogP contribution >= 0.6 is 0 Å². The molecule has 170 valence electrons. The van der Waals surface area contributed by atoms with Gasteiger partial charge in [-0.2, -0.15) is 0 Å². The van der Waals surface area contributed by atoms with Gasteiger partial charge in [-0.05, 0) is 49.8 Å². The molecule has 33 heavy (non-hydrogen) atoms. The molecule has 3 N–H and O–H groups in total. The number of aliphatic hydroxyl groups is 1. The zero-order valence-corrected chi connectivity index (χ0v) is 18.2. The third-order valence-electron chi connectivity index (χ3n) is 4.87. The quantitative estimate of drug-likeness (QED) is 0.272. The molecule has 0 saturated heterocycles. The van der Waals surface area contributed by atoms with E-state index in [1.807, 2.05) is 19.1 Å². The summed E-state index contributed by atoms with van der Waals surface area (Å²) in [4.78, 5) is 33.0. The lowest BCUT2D eigenvalue weighted by Crippen LogP contribution is -2.16. The minimum absolute atomic E-state index is 0.0322. The van der Waals surface area contributed by atoms with E-state index in [-0.39, 0.29) is 37.0 Å². The van der Waals surface area contributed by atoms with Gasteiger partial charge in [-0.1, -0.05) is 6.07 Å². The number of hydrogen-bond acceptors (Lipinski definition) is 8. The Morgan fingerprint density at radius 2 is 2.18 bits per heavy atom. The Kier molecular flexibility index (Phi) is 6.41. The minimum Gasteiger partial charge on any atom is -0.489 e. The number of esters is 1. The third-order valence-corrected chi connectivity index (χ3v) is 4.87. The van der Waals surface area contributed by atoms with Crippen LogP contribution in [0.4, 0.5) is 5.69 Å². The topological polar surface area (TPSA) is 123 Å². The lowest BCUT2D eigenvalue weighted by Gasteiger charge is -2.14. The van der Waals surface area contributed by atoms with E-state index < -0.39 is 11.8 Å². The number of anilines is 1. The van der Waals surface area contributed by atoms with Gasteiger partial charge in [-0.3, -0.25) is 4.79 Å². The Labute approximate surface area is 189 Å². The highest BCUT2D eigenvalue weighted by atomic mass is 16.5. The number of hydrogen-bond donors (Lipinski definition) is 3. The number of aromatic amines is 1. The van der Waals surface area contributed by atoms with Crippen LogP contribution in [0.25, 0.3) is 17.1 Å². The normalized spacial score (nSPS) is 14.6. The summed E-state index contributed by atoms with van der Waals surface area (Å²) in [6.07, 6.45) is 4.92. The predicted molar refractivity (Wildman–Crippen MR) is 121 cm³/mol. The highest BCUT2D eigenvalue weighted by Crippen LogP contribution is 2.33. The molecule has 2 aromatic heterocycles. The van der Waals surface area contributed by atoms with E-state index in [0.717, 1.165) is 10.9 Å². The summed E-state index contributed by atoms with van der Waals surface area (Å²) >= 11 is 0. The van der Waals surface area contributed by atoms with Gasteiger partial charge in [-0.25, -0.2) is 9.78 Å². The first-order chi connectivity index (χ1) is 16.0. The molecule has 0 radical (unpaired) electrons. The van der Waals surface area contributed by atoms with Gasteiger partial charge in [-0.15, -0.1) is 0 Å². The van der Waals surface area contributed by atoms with Crippen molar-refractivity contribution < 1.29 is 28.9 Å². The van der Waals surface area contributed by atoms with Crippen molar-refractivity contribution in [2.24, 2.45) is 0 Å². The van der Waals surface area contributed by atoms with Crippen LogP contribution in [0.2, 0.25) is 0 Å². The molecule has 1 aliphatic rings. The first kappa shape index (κ1) is 22.1. The number of ketones is 1. The summed E-state index contributed by atoms with van der Waals surface area (Å²) in [5.41, 5.74) is 2.52. The summed E-state index contributed by atoms with van der Waals surface area (Å²) in [5.74, 6) is -1.04. The van der Waals surface area contributed by atoms with Gasteiger partial charge >= 0.3 is 5.97 Å². The number of aryl methyl sites for hydroxylation is 1. The largest absolute Gasteiger partial charge is 0.489 e. The molecule has 0 fully saturated rings. The van der Waals surface area contributed by atoms with Crippen molar-refractivity contribution in [1.82, 2.24) is 9.97 Å². The second kappa shape index (κ2) is 9.58. The van der Waals surface area contributed by atoms with Crippen molar-refractivity contribution in [3.05, 3.63) is 71.1 Å². The van der Waals surface area contributed by atoms with Crippen LogP contribution in [0.1, 0.15) is 18.1 Å². The minimum atomic E-state index is -0.793. The zero-order valence-electron chi connectivity index (χ0n) is 18.2. The maximum absolute atomic E-state index is 13.1. The Morgan fingerprint density at radius 3 is 2.97 bits per heavy atom. The van der Waals surface area contributed by atoms with E-state index in [2.05, 4.69) is 15.3 Å². The van der Waals surface area contributed by atoms with Crippen molar-refractivity contribution in [3.63, 3.8) is 0 Å². The number of nitrogens with zero attached hydrogens (tertiary/aromatic N) is 1. The second-order valence-corrected chi connectivity index (χ2v) is 7.20. The molecular formula is C24H23N3O6. The van der Waals surface area contributed by atoms with Crippen LogP contribution in [0.3, 0.4) is 0 Å². The van der Waals surface area contributed by atoms with Crippen LogP contribution in [0.15, 0.2) is 59.9 Å². The van der Waals surface area contributed by atoms with Gasteiger partial charge in [0.15, 0.2) is 11.3 Å². The lowest BCUT2D eigenvalue weighted by molar-refractivity contribution is -0.139. The van der Waals surface area contributed by atoms with Crippen LogP contribution in [0, 0.1) is 6.92 Å². The summed E-state index contributed by atoms with van der Waals surface area (Å²) in [6, 6.07) is 9.00. The maximum atomic E-state index is 13.1. The summed E-state index contributed by atoms with van der Waals surface area (Å²) in [5, 5.41) is 12.9. The smallest absolute Gasteiger partial charge is 0.347 e. The molecule has 3 heterocycles. The van der Waals surface area contributed by atoms with E-state index in [1.165, 1.54) is 0 Å². The number of H-pyrrole nitrogens is 1. The van der Waals surface area contributed by atoms with Gasteiger partial charge in [0.05, 0.1) is 18.9 Å². The van der Waals surface area contributed by atoms with Gasteiger partial charge in [0.25, 0.3) is 0 Å². The Morgan fingerprint density at radius 1 is 1.33 bits per heavy atom. The number of ether oxygens (including phenoxy) is 3. The van der Waals surface area contributed by atoms with Crippen molar-refractivity contribution in [1.29, 1.82) is 0 Å². The van der Waals surface area contributed by atoms with Crippen LogP contribution < -0.4 is 10.1 Å². The Bertz CT molecular complexity index is 1270. The van der Waals surface area contributed by atoms with E-state index >= 15 is 0 Å². The molecule has 3 aromatic rings. The SMILES string of the molecule is CCOC(=O)C1=C(Nc2ccc(C)cc2OCCO)OC(=Cc2c[nH]c3ncccc23)C1=O. The number of allylic oxidation sites excluding steroid dienone is 1. The number of Topliss-reactive ketones (excluding diaryl/α,β-unsaturated/α-hetero) is 1. The predicted octanol–water partition coefficient (Wildman–Crippen LogP) is 3.07. The van der Waals surface area contributed by atoms with E-state index in [4.69, 9.17) is 19.3 Å². The molecule has 0 atom stereocenters. The number of carbonyl (C=O) groups excluding carboxylic acids is 2. The van der Waals surface area contributed by atoms with Crippen LogP contribution in [-0.2, 0) is 19.1 Å². The molecule has 9 heteroatoms. The molecule has 0 saturated carbocycles. The molecule has 0 amide bonds. The van der Waals surface area contributed by atoms with E-state index in [1.54, 1.807) is 43.6 Å². The molecule has 4 rings (SSSR count). The average molecular weight is 449 g/mol. The number of aliphatic hydroxyl groups excluding tert-OH is 1. The average Bonchev–Trinajstić information content (AvgIpc) is 3.35. The highest BCUT2D eigenvalue weighted by Gasteiger charge is 2.37. The monoisotopic (exact) mass is 449 g/mol. The standard InChI is InChI=1S/C24H23N3O6/c1-3-31-24(30)20-21(29)19(12-15-13-26-22-16(15)5-4-8-25-22)33-23(20)27-17-7-6-14(2)11-18(17)32-10-9-28/h4-8,11-13,27-28H,3,9-10H2,1-2H3,(H,25,26). The molecule has 1 aliphatic heterocycles. The maximum Gasteiger partial charge on any atom is 0.347 e. The van der Waals surface area contributed by atoms with Gasteiger partial charge in [0, 0.05) is 23.3 Å². The fraction of sp³-hybridized carbons (Fsp3) is 0.208. The van der Waals surface area contributed by atoms with Crippen molar-refractivity contribution in [2.75, 3.05) is 25.1 Å². The molecule has 0 spiro atoms. The number of rotatable bonds is 8. The summed E-state index contributed by atoms with van der Waals surface area (Å²) < 4.78 is 16.5. The molecule has 0 unspecified atom stereocenters. The molecule has 0 aliphatic carbocycles. The van der Waals surface area contributed by atoms with E-state index in [0.29, 0.717) is 22.6 Å². The van der Waals surface area contributed by atoms with E-state index in [9.17, 15) is 9.59 Å². The fourth-order valence-electron chi connectivity index (χ4n) is 3.37. The number of benzene rings is 1. The van der Waals surface area contributed by atoms with Gasteiger partial charge in [0.1, 0.15) is 18.0 Å². The summed E-state index contributed by atoms with van der Waals surface area (Å²) in [6.45, 7) is 3.58. The fourth-order valence-corrected chi connectivity index (χ4v) is 3.37. The zero-order chi connectivity index (χ0) is 23.4. The van der Waals surface area contributed by atoms with Crippen molar-refractivity contribution >= 4 is 34.5 Å². The highest BCUT2D eigenvalue weighted by molar-refractivity contribution is 6.26.